The monoisotopic (exact) mass is 254 g/mol. The van der Waals surface area contributed by atoms with Crippen LogP contribution in [0.4, 0.5) is 0 Å². The predicted octanol–water partition coefficient (Wildman–Crippen LogP) is 0.285. The van der Waals surface area contributed by atoms with Crippen LogP contribution in [-0.4, -0.2) is 35.6 Å². The van der Waals surface area contributed by atoms with Crippen molar-refractivity contribution in [2.75, 3.05) is 6.61 Å². The van der Waals surface area contributed by atoms with Gasteiger partial charge in [0.1, 0.15) is 6.04 Å². The molecule has 1 heterocycles. The quantitative estimate of drug-likeness (QED) is 0.680. The third-order valence-corrected chi connectivity index (χ3v) is 2.22. The standard InChI is InChI=1S/C12H18N2O4/c1-8(2)13-11(16)9(5-6-15)14-12(17)10-4-3-7-18-10/h3-4,7-9,15H,5-6H2,1-2H3,(H,13,16)(H,14,17). The minimum Gasteiger partial charge on any atom is -0.459 e. The summed E-state index contributed by atoms with van der Waals surface area (Å²) in [5.74, 6) is -0.661. The van der Waals surface area contributed by atoms with Crippen LogP contribution >= 0.6 is 0 Å². The third-order valence-electron chi connectivity index (χ3n) is 2.22. The Morgan fingerprint density at radius 2 is 2.11 bits per heavy atom. The molecule has 0 saturated heterocycles. The Morgan fingerprint density at radius 3 is 2.61 bits per heavy atom. The zero-order valence-electron chi connectivity index (χ0n) is 10.5. The van der Waals surface area contributed by atoms with Gasteiger partial charge in [-0.2, -0.15) is 0 Å². The molecule has 0 aliphatic rings. The number of carbonyl (C=O) groups excluding carboxylic acids is 2. The van der Waals surface area contributed by atoms with E-state index in [0.29, 0.717) is 0 Å². The second-order valence-corrected chi connectivity index (χ2v) is 4.18. The zero-order valence-corrected chi connectivity index (χ0v) is 10.5. The van der Waals surface area contributed by atoms with E-state index < -0.39 is 11.9 Å². The maximum atomic E-state index is 11.8. The van der Waals surface area contributed by atoms with Crippen LogP contribution in [0.1, 0.15) is 30.8 Å². The largest absolute Gasteiger partial charge is 0.459 e. The molecule has 100 valence electrons. The highest BCUT2D eigenvalue weighted by Gasteiger charge is 2.22. The van der Waals surface area contributed by atoms with Crippen LogP contribution in [0.25, 0.3) is 0 Å². The normalized spacial score (nSPS) is 12.2. The van der Waals surface area contributed by atoms with Gasteiger partial charge < -0.3 is 20.2 Å². The van der Waals surface area contributed by atoms with E-state index in [9.17, 15) is 9.59 Å². The summed E-state index contributed by atoms with van der Waals surface area (Å²) < 4.78 is 4.93. The van der Waals surface area contributed by atoms with Crippen LogP contribution in [-0.2, 0) is 4.79 Å². The van der Waals surface area contributed by atoms with Crippen molar-refractivity contribution in [2.45, 2.75) is 32.4 Å². The van der Waals surface area contributed by atoms with Crippen molar-refractivity contribution in [1.29, 1.82) is 0 Å². The van der Waals surface area contributed by atoms with E-state index in [-0.39, 0.29) is 30.7 Å². The molecule has 6 nitrogen and oxygen atoms in total. The lowest BCUT2D eigenvalue weighted by Gasteiger charge is -2.18. The number of hydrogen-bond acceptors (Lipinski definition) is 4. The van der Waals surface area contributed by atoms with Gasteiger partial charge >= 0.3 is 0 Å². The number of aliphatic hydroxyl groups is 1. The average Bonchev–Trinajstić information content (AvgIpc) is 2.80. The molecule has 1 aromatic rings. The van der Waals surface area contributed by atoms with Gasteiger partial charge in [-0.25, -0.2) is 0 Å². The smallest absolute Gasteiger partial charge is 0.287 e. The Labute approximate surface area is 105 Å². The van der Waals surface area contributed by atoms with Gasteiger partial charge in [-0.3, -0.25) is 9.59 Å². The fraction of sp³-hybridized carbons (Fsp3) is 0.500. The second-order valence-electron chi connectivity index (χ2n) is 4.18. The summed E-state index contributed by atoms with van der Waals surface area (Å²) in [6.45, 7) is 3.46. The summed E-state index contributed by atoms with van der Waals surface area (Å²) in [5.41, 5.74) is 0. The molecule has 0 bridgehead atoms. The fourth-order valence-corrected chi connectivity index (χ4v) is 1.42. The molecule has 0 aromatic carbocycles. The molecule has 0 spiro atoms. The van der Waals surface area contributed by atoms with E-state index in [2.05, 4.69) is 10.6 Å². The molecule has 1 atom stereocenters. The summed E-state index contributed by atoms with van der Waals surface area (Å²) in [5, 5.41) is 14.1. The summed E-state index contributed by atoms with van der Waals surface area (Å²) >= 11 is 0. The molecule has 3 N–H and O–H groups in total. The Hall–Kier alpha value is -1.82. The van der Waals surface area contributed by atoms with E-state index in [4.69, 9.17) is 9.52 Å². The molecule has 1 rings (SSSR count). The summed E-state index contributed by atoms with van der Waals surface area (Å²) in [4.78, 5) is 23.5. The maximum absolute atomic E-state index is 11.8. The minimum absolute atomic E-state index is 0.0285. The summed E-state index contributed by atoms with van der Waals surface area (Å²) in [6, 6.07) is 2.30. The van der Waals surface area contributed by atoms with Crippen molar-refractivity contribution >= 4 is 11.8 Å². The van der Waals surface area contributed by atoms with E-state index in [0.717, 1.165) is 0 Å². The van der Waals surface area contributed by atoms with E-state index in [1.807, 2.05) is 13.8 Å². The van der Waals surface area contributed by atoms with E-state index in [1.165, 1.54) is 12.3 Å². The Morgan fingerprint density at radius 1 is 1.39 bits per heavy atom. The molecular weight excluding hydrogens is 236 g/mol. The molecule has 18 heavy (non-hydrogen) atoms. The molecule has 0 aliphatic heterocycles. The average molecular weight is 254 g/mol. The molecular formula is C12H18N2O4. The third kappa shape index (κ3) is 4.21. The molecule has 0 saturated carbocycles. The Kier molecular flexibility index (Phi) is 5.38. The highest BCUT2D eigenvalue weighted by molar-refractivity contribution is 5.95. The van der Waals surface area contributed by atoms with Gasteiger partial charge in [-0.05, 0) is 32.4 Å². The van der Waals surface area contributed by atoms with Gasteiger partial charge in [0.2, 0.25) is 5.91 Å². The summed E-state index contributed by atoms with van der Waals surface area (Å²) in [6.07, 6.45) is 1.54. The van der Waals surface area contributed by atoms with Gasteiger partial charge in [0, 0.05) is 12.6 Å². The molecule has 0 aliphatic carbocycles. The van der Waals surface area contributed by atoms with Gasteiger partial charge in [0.25, 0.3) is 5.91 Å². The van der Waals surface area contributed by atoms with Gasteiger partial charge in [-0.15, -0.1) is 0 Å². The van der Waals surface area contributed by atoms with Crippen molar-refractivity contribution in [3.8, 4) is 0 Å². The number of carbonyl (C=O) groups is 2. The van der Waals surface area contributed by atoms with Crippen LogP contribution in [0.15, 0.2) is 22.8 Å². The van der Waals surface area contributed by atoms with Gasteiger partial charge in [-0.1, -0.05) is 0 Å². The van der Waals surface area contributed by atoms with Crippen molar-refractivity contribution in [3.05, 3.63) is 24.2 Å². The first-order chi connectivity index (χ1) is 8.54. The topological polar surface area (TPSA) is 91.6 Å². The lowest BCUT2D eigenvalue weighted by atomic mass is 10.2. The number of hydrogen-bond donors (Lipinski definition) is 3. The van der Waals surface area contributed by atoms with Gasteiger partial charge in [0.05, 0.1) is 6.26 Å². The first-order valence-electron chi connectivity index (χ1n) is 5.80. The first-order valence-corrected chi connectivity index (χ1v) is 5.80. The van der Waals surface area contributed by atoms with Crippen LogP contribution < -0.4 is 10.6 Å². The highest BCUT2D eigenvalue weighted by Crippen LogP contribution is 2.02. The second kappa shape index (κ2) is 6.80. The van der Waals surface area contributed by atoms with Crippen molar-refractivity contribution in [1.82, 2.24) is 10.6 Å². The van der Waals surface area contributed by atoms with Crippen molar-refractivity contribution in [3.63, 3.8) is 0 Å². The number of rotatable bonds is 6. The van der Waals surface area contributed by atoms with E-state index >= 15 is 0 Å². The highest BCUT2D eigenvalue weighted by atomic mass is 16.3. The number of amides is 2. The molecule has 6 heteroatoms. The summed E-state index contributed by atoms with van der Waals surface area (Å²) in [7, 11) is 0. The predicted molar refractivity (Wildman–Crippen MR) is 64.9 cm³/mol. The van der Waals surface area contributed by atoms with Crippen LogP contribution in [0, 0.1) is 0 Å². The molecule has 0 fully saturated rings. The molecule has 2 amide bonds. The SMILES string of the molecule is CC(C)NC(=O)C(CCO)NC(=O)c1ccco1. The maximum Gasteiger partial charge on any atom is 0.287 e. The number of nitrogens with one attached hydrogen (secondary N) is 2. The van der Waals surface area contributed by atoms with Crippen molar-refractivity contribution in [2.24, 2.45) is 0 Å². The Bertz CT molecular complexity index is 387. The number of furan rings is 1. The van der Waals surface area contributed by atoms with Crippen LogP contribution in [0.3, 0.4) is 0 Å². The lowest BCUT2D eigenvalue weighted by Crippen LogP contribution is -2.48. The number of aliphatic hydroxyl groups excluding tert-OH is 1. The molecule has 1 aromatic heterocycles. The fourth-order valence-electron chi connectivity index (χ4n) is 1.42. The Balaban J connectivity index is 2.62. The van der Waals surface area contributed by atoms with Crippen LogP contribution in [0.5, 0.6) is 0 Å². The van der Waals surface area contributed by atoms with Crippen molar-refractivity contribution < 1.29 is 19.1 Å². The minimum atomic E-state index is -0.769. The van der Waals surface area contributed by atoms with E-state index in [1.54, 1.807) is 6.07 Å². The molecule has 0 radical (unpaired) electrons. The first kappa shape index (κ1) is 14.2. The van der Waals surface area contributed by atoms with Gasteiger partial charge in [0.15, 0.2) is 5.76 Å². The lowest BCUT2D eigenvalue weighted by molar-refractivity contribution is -0.123. The zero-order chi connectivity index (χ0) is 13.5. The molecule has 1 unspecified atom stereocenters. The van der Waals surface area contributed by atoms with Crippen LogP contribution in [0.2, 0.25) is 0 Å².